The van der Waals surface area contributed by atoms with E-state index in [2.05, 4.69) is 0 Å². The average molecular weight is 128 g/mol. The van der Waals surface area contributed by atoms with Gasteiger partial charge in [0.15, 0.2) is 5.78 Å². The fourth-order valence-corrected chi connectivity index (χ4v) is 0.729. The van der Waals surface area contributed by atoms with E-state index in [0.29, 0.717) is 0 Å². The van der Waals surface area contributed by atoms with Gasteiger partial charge >= 0.3 is 0 Å². The highest BCUT2D eigenvalue weighted by molar-refractivity contribution is 5.91. The van der Waals surface area contributed by atoms with Crippen LogP contribution < -0.4 is 0 Å². The predicted octanol–water partition coefficient (Wildman–Crippen LogP) is -0.763. The van der Waals surface area contributed by atoms with Crippen molar-refractivity contribution in [3.8, 4) is 0 Å². The molecule has 2 atom stereocenters. The second-order valence-corrected chi connectivity index (χ2v) is 2.09. The minimum Gasteiger partial charge on any atom is -0.390 e. The second-order valence-electron chi connectivity index (χ2n) is 2.09. The summed E-state index contributed by atoms with van der Waals surface area (Å²) in [5.41, 5.74) is 0. The minimum atomic E-state index is -0.900. The SMILES string of the molecule is O=C1C=C[C@H](O)[C@@H](O)C1. The first-order valence-electron chi connectivity index (χ1n) is 2.77. The number of aliphatic hydroxyl groups excluding tert-OH is 2. The molecule has 9 heavy (non-hydrogen) atoms. The van der Waals surface area contributed by atoms with Gasteiger partial charge < -0.3 is 10.2 Å². The maximum absolute atomic E-state index is 10.5. The summed E-state index contributed by atoms with van der Waals surface area (Å²) in [6, 6.07) is 0. The molecule has 0 bridgehead atoms. The number of allylic oxidation sites excluding steroid dienone is 1. The van der Waals surface area contributed by atoms with Crippen LogP contribution in [0.15, 0.2) is 12.2 Å². The van der Waals surface area contributed by atoms with Crippen LogP contribution in [0.25, 0.3) is 0 Å². The molecule has 3 nitrogen and oxygen atoms in total. The summed E-state index contributed by atoms with van der Waals surface area (Å²) >= 11 is 0. The molecular weight excluding hydrogens is 120 g/mol. The van der Waals surface area contributed by atoms with Gasteiger partial charge in [0.25, 0.3) is 0 Å². The van der Waals surface area contributed by atoms with E-state index in [1.807, 2.05) is 0 Å². The molecule has 0 amide bonds. The second kappa shape index (κ2) is 2.29. The van der Waals surface area contributed by atoms with Gasteiger partial charge in [-0.3, -0.25) is 4.79 Å². The minimum absolute atomic E-state index is 0.0394. The Labute approximate surface area is 52.6 Å². The summed E-state index contributed by atoms with van der Waals surface area (Å²) < 4.78 is 0. The van der Waals surface area contributed by atoms with E-state index < -0.39 is 12.2 Å². The van der Waals surface area contributed by atoms with Crippen molar-refractivity contribution in [2.75, 3.05) is 0 Å². The fourth-order valence-electron chi connectivity index (χ4n) is 0.729. The molecule has 50 valence electrons. The van der Waals surface area contributed by atoms with Crippen LogP contribution in [-0.2, 0) is 4.79 Å². The Morgan fingerprint density at radius 3 is 2.67 bits per heavy atom. The van der Waals surface area contributed by atoms with Gasteiger partial charge in [0.2, 0.25) is 0 Å². The summed E-state index contributed by atoms with van der Waals surface area (Å²) in [6.45, 7) is 0. The molecule has 2 N–H and O–H groups in total. The molecule has 0 saturated heterocycles. The lowest BCUT2D eigenvalue weighted by Gasteiger charge is -2.15. The van der Waals surface area contributed by atoms with E-state index in [1.165, 1.54) is 12.2 Å². The summed E-state index contributed by atoms with van der Waals surface area (Å²) in [7, 11) is 0. The van der Waals surface area contributed by atoms with Gasteiger partial charge in [-0.15, -0.1) is 0 Å². The quantitative estimate of drug-likeness (QED) is 0.450. The summed E-state index contributed by atoms with van der Waals surface area (Å²) in [6.07, 6.45) is 0.871. The maximum Gasteiger partial charge on any atom is 0.158 e. The Kier molecular flexibility index (Phi) is 1.64. The Morgan fingerprint density at radius 2 is 2.22 bits per heavy atom. The molecule has 0 spiro atoms. The van der Waals surface area contributed by atoms with Crippen LogP contribution >= 0.6 is 0 Å². The van der Waals surface area contributed by atoms with Crippen LogP contribution in [-0.4, -0.2) is 28.2 Å². The highest BCUT2D eigenvalue weighted by atomic mass is 16.3. The highest BCUT2D eigenvalue weighted by Gasteiger charge is 2.20. The van der Waals surface area contributed by atoms with Crippen LogP contribution in [0.5, 0.6) is 0 Å². The van der Waals surface area contributed by atoms with Crippen LogP contribution in [0.3, 0.4) is 0 Å². The molecule has 0 aromatic heterocycles. The highest BCUT2D eigenvalue weighted by Crippen LogP contribution is 2.07. The van der Waals surface area contributed by atoms with Crippen LogP contribution in [0, 0.1) is 0 Å². The molecule has 1 aliphatic carbocycles. The molecule has 0 heterocycles. The van der Waals surface area contributed by atoms with Crippen molar-refractivity contribution in [3.63, 3.8) is 0 Å². The molecule has 0 aromatic carbocycles. The first kappa shape index (κ1) is 6.45. The van der Waals surface area contributed by atoms with Crippen molar-refractivity contribution in [1.82, 2.24) is 0 Å². The van der Waals surface area contributed by atoms with E-state index >= 15 is 0 Å². The Balaban J connectivity index is 2.65. The Morgan fingerprint density at radius 1 is 1.56 bits per heavy atom. The van der Waals surface area contributed by atoms with Crippen LogP contribution in [0.1, 0.15) is 6.42 Å². The van der Waals surface area contributed by atoms with E-state index in [0.717, 1.165) is 0 Å². The summed E-state index contributed by atoms with van der Waals surface area (Å²) in [5.74, 6) is -0.132. The fraction of sp³-hybridized carbons (Fsp3) is 0.500. The van der Waals surface area contributed by atoms with E-state index in [-0.39, 0.29) is 12.2 Å². The summed E-state index contributed by atoms with van der Waals surface area (Å²) in [5, 5.41) is 17.6. The lowest BCUT2D eigenvalue weighted by molar-refractivity contribution is -0.118. The number of hydrogen-bond acceptors (Lipinski definition) is 3. The van der Waals surface area contributed by atoms with Gasteiger partial charge in [-0.05, 0) is 6.08 Å². The molecule has 0 aliphatic heterocycles. The number of carbonyl (C=O) groups is 1. The predicted molar refractivity (Wildman–Crippen MR) is 30.8 cm³/mol. The monoisotopic (exact) mass is 128 g/mol. The Hall–Kier alpha value is -0.670. The van der Waals surface area contributed by atoms with Crippen molar-refractivity contribution in [3.05, 3.63) is 12.2 Å². The van der Waals surface area contributed by atoms with Gasteiger partial charge in [0, 0.05) is 6.42 Å². The number of hydrogen-bond donors (Lipinski definition) is 2. The third-order valence-corrected chi connectivity index (χ3v) is 1.28. The lowest BCUT2D eigenvalue weighted by atomic mass is 10.0. The van der Waals surface area contributed by atoms with Crippen molar-refractivity contribution in [2.24, 2.45) is 0 Å². The first-order chi connectivity index (χ1) is 4.20. The van der Waals surface area contributed by atoms with Gasteiger partial charge in [-0.2, -0.15) is 0 Å². The van der Waals surface area contributed by atoms with Gasteiger partial charge in [0.1, 0.15) is 0 Å². The zero-order valence-corrected chi connectivity index (χ0v) is 4.82. The maximum atomic E-state index is 10.5. The molecular formula is C6H8O3. The first-order valence-corrected chi connectivity index (χ1v) is 2.77. The number of ketones is 1. The van der Waals surface area contributed by atoms with Crippen molar-refractivity contribution in [1.29, 1.82) is 0 Å². The van der Waals surface area contributed by atoms with Crippen molar-refractivity contribution < 1.29 is 15.0 Å². The van der Waals surface area contributed by atoms with Gasteiger partial charge in [0.05, 0.1) is 12.2 Å². The lowest BCUT2D eigenvalue weighted by Crippen LogP contribution is -2.29. The third kappa shape index (κ3) is 1.37. The standard InChI is InChI=1S/C6H8O3/c7-4-1-2-5(8)6(9)3-4/h1-2,5-6,8-9H,3H2/t5-,6-/m0/s1. The topological polar surface area (TPSA) is 57.5 Å². The van der Waals surface area contributed by atoms with Gasteiger partial charge in [-0.1, -0.05) is 6.08 Å². The summed E-state index contributed by atoms with van der Waals surface area (Å²) in [4.78, 5) is 10.5. The van der Waals surface area contributed by atoms with Crippen molar-refractivity contribution in [2.45, 2.75) is 18.6 Å². The number of carbonyl (C=O) groups excluding carboxylic acids is 1. The smallest absolute Gasteiger partial charge is 0.158 e. The number of aliphatic hydroxyl groups is 2. The normalized spacial score (nSPS) is 35.1. The van der Waals surface area contributed by atoms with Crippen LogP contribution in [0.2, 0.25) is 0 Å². The molecule has 1 aliphatic rings. The average Bonchev–Trinajstić information content (AvgIpc) is 1.80. The van der Waals surface area contributed by atoms with Crippen LogP contribution in [0.4, 0.5) is 0 Å². The molecule has 0 saturated carbocycles. The van der Waals surface area contributed by atoms with Gasteiger partial charge in [-0.25, -0.2) is 0 Å². The van der Waals surface area contributed by atoms with E-state index in [9.17, 15) is 4.79 Å². The van der Waals surface area contributed by atoms with E-state index in [4.69, 9.17) is 10.2 Å². The third-order valence-electron chi connectivity index (χ3n) is 1.28. The molecule has 3 heteroatoms. The van der Waals surface area contributed by atoms with E-state index in [1.54, 1.807) is 0 Å². The number of rotatable bonds is 0. The van der Waals surface area contributed by atoms with Crippen molar-refractivity contribution >= 4 is 5.78 Å². The zero-order chi connectivity index (χ0) is 6.85. The molecule has 0 aromatic rings. The Bertz CT molecular complexity index is 150. The molecule has 0 radical (unpaired) electrons. The largest absolute Gasteiger partial charge is 0.390 e. The molecule has 0 unspecified atom stereocenters. The molecule has 1 rings (SSSR count). The zero-order valence-electron chi connectivity index (χ0n) is 4.82. The molecule has 0 fully saturated rings.